The third-order valence-electron chi connectivity index (χ3n) is 10.8. The topological polar surface area (TPSA) is 0 Å². The summed E-state index contributed by atoms with van der Waals surface area (Å²) >= 11 is 0. The molecular formula is C50H54. The largest absolute Gasteiger partial charge is 0.0579 e. The Balaban J connectivity index is 1.58. The van der Waals surface area contributed by atoms with Gasteiger partial charge in [0.05, 0.1) is 0 Å². The molecule has 0 amide bonds. The zero-order valence-electron chi connectivity index (χ0n) is 32.4. The molecule has 0 heterocycles. The number of hydrogen-bond donors (Lipinski definition) is 0. The van der Waals surface area contributed by atoms with Crippen molar-refractivity contribution in [2.45, 2.75) is 105 Å². The summed E-state index contributed by atoms with van der Waals surface area (Å²) in [4.78, 5) is 0. The monoisotopic (exact) mass is 654 g/mol. The molecule has 0 saturated heterocycles. The molecule has 0 bridgehead atoms. The maximum atomic E-state index is 2.48. The average molecular weight is 655 g/mol. The molecule has 0 fully saturated rings. The Morgan fingerprint density at radius 1 is 0.260 bits per heavy atom. The van der Waals surface area contributed by atoms with E-state index in [2.05, 4.69) is 192 Å². The summed E-state index contributed by atoms with van der Waals surface area (Å²) in [6.45, 7) is 27.7. The van der Waals surface area contributed by atoms with Gasteiger partial charge >= 0.3 is 0 Å². The Morgan fingerprint density at radius 3 is 0.880 bits per heavy atom. The normalized spacial score (nSPS) is 13.2. The van der Waals surface area contributed by atoms with Gasteiger partial charge < -0.3 is 0 Å². The van der Waals surface area contributed by atoms with Gasteiger partial charge in [-0.3, -0.25) is 0 Å². The van der Waals surface area contributed by atoms with Gasteiger partial charge in [0.15, 0.2) is 0 Å². The highest BCUT2D eigenvalue weighted by Gasteiger charge is 2.23. The predicted octanol–water partition coefficient (Wildman–Crippen LogP) is 14.8. The fourth-order valence-electron chi connectivity index (χ4n) is 7.52. The summed E-state index contributed by atoms with van der Waals surface area (Å²) < 4.78 is 0. The van der Waals surface area contributed by atoms with E-state index in [-0.39, 0.29) is 21.7 Å². The highest BCUT2D eigenvalue weighted by molar-refractivity contribution is 6.22. The van der Waals surface area contributed by atoms with Crippen molar-refractivity contribution in [2.24, 2.45) is 0 Å². The summed E-state index contributed by atoms with van der Waals surface area (Å²) in [5.41, 5.74) is 10.9. The van der Waals surface area contributed by atoms with E-state index in [9.17, 15) is 0 Å². The lowest BCUT2D eigenvalue weighted by Crippen LogP contribution is -2.11. The summed E-state index contributed by atoms with van der Waals surface area (Å²) in [6, 6.07) is 42.7. The first-order chi connectivity index (χ1) is 23.3. The van der Waals surface area contributed by atoms with Gasteiger partial charge in [-0.1, -0.05) is 168 Å². The maximum Gasteiger partial charge on any atom is -0.00260 e. The van der Waals surface area contributed by atoms with Crippen LogP contribution in [0.25, 0.3) is 65.3 Å². The number of benzene rings is 7. The molecule has 50 heavy (non-hydrogen) atoms. The molecule has 0 unspecified atom stereocenters. The van der Waals surface area contributed by atoms with Crippen molar-refractivity contribution in [1.82, 2.24) is 0 Å². The highest BCUT2D eigenvalue weighted by atomic mass is 14.3. The second kappa shape index (κ2) is 11.6. The molecule has 7 aromatic rings. The lowest BCUT2D eigenvalue weighted by molar-refractivity contribution is 0.590. The van der Waals surface area contributed by atoms with Crippen LogP contribution in [0.4, 0.5) is 0 Å². The molecule has 0 nitrogen and oxygen atoms in total. The predicted molar refractivity (Wildman–Crippen MR) is 222 cm³/mol. The summed E-state index contributed by atoms with van der Waals surface area (Å²) in [5, 5.41) is 10.4. The van der Waals surface area contributed by atoms with Crippen LogP contribution in [0.3, 0.4) is 0 Å². The second-order valence-corrected chi connectivity index (χ2v) is 18.8. The Hall–Kier alpha value is -4.42. The van der Waals surface area contributed by atoms with Gasteiger partial charge in [0.2, 0.25) is 0 Å². The number of rotatable bonds is 2. The fraction of sp³-hybridized carbons (Fsp3) is 0.320. The molecule has 7 aromatic carbocycles. The first-order valence-electron chi connectivity index (χ1n) is 18.4. The van der Waals surface area contributed by atoms with Gasteiger partial charge in [0, 0.05) is 0 Å². The zero-order valence-corrected chi connectivity index (χ0v) is 32.4. The third-order valence-corrected chi connectivity index (χ3v) is 10.8. The van der Waals surface area contributed by atoms with E-state index >= 15 is 0 Å². The minimum absolute atomic E-state index is 0.0249. The van der Waals surface area contributed by atoms with E-state index in [1.54, 1.807) is 0 Å². The average Bonchev–Trinajstić information content (AvgIpc) is 3.04. The van der Waals surface area contributed by atoms with Crippen molar-refractivity contribution in [3.63, 3.8) is 0 Å². The molecule has 7 rings (SSSR count). The van der Waals surface area contributed by atoms with Crippen LogP contribution < -0.4 is 0 Å². The lowest BCUT2D eigenvalue weighted by Gasteiger charge is -2.25. The molecule has 0 atom stereocenters. The smallest absolute Gasteiger partial charge is 0.00260 e. The molecule has 254 valence electrons. The van der Waals surface area contributed by atoms with E-state index in [1.165, 1.54) is 87.6 Å². The highest BCUT2D eigenvalue weighted by Crippen LogP contribution is 2.47. The Labute approximate surface area is 300 Å². The Morgan fingerprint density at radius 2 is 0.540 bits per heavy atom. The molecule has 0 heteroatoms. The minimum Gasteiger partial charge on any atom is -0.0579 e. The molecule has 0 aliphatic carbocycles. The van der Waals surface area contributed by atoms with Crippen LogP contribution >= 0.6 is 0 Å². The minimum atomic E-state index is 0.0249. The van der Waals surface area contributed by atoms with Crippen molar-refractivity contribution in [1.29, 1.82) is 0 Å². The Kier molecular flexibility index (Phi) is 7.87. The maximum absolute atomic E-state index is 2.48. The van der Waals surface area contributed by atoms with E-state index in [0.29, 0.717) is 0 Å². The van der Waals surface area contributed by atoms with Crippen LogP contribution in [0.1, 0.15) is 105 Å². The molecule has 0 aromatic heterocycles. The summed E-state index contributed by atoms with van der Waals surface area (Å²) in [5.74, 6) is 0. The number of fused-ring (bicyclic) bond motifs is 4. The van der Waals surface area contributed by atoms with Crippen molar-refractivity contribution in [3.05, 3.63) is 131 Å². The summed E-state index contributed by atoms with van der Waals surface area (Å²) in [7, 11) is 0. The van der Waals surface area contributed by atoms with Gasteiger partial charge in [-0.15, -0.1) is 0 Å². The molecule has 0 radical (unpaired) electrons. The van der Waals surface area contributed by atoms with Crippen LogP contribution in [0, 0.1) is 0 Å². The first-order valence-corrected chi connectivity index (χ1v) is 18.4. The SMILES string of the molecule is CC(C)(C)c1ccc2cc(-c3c4ccc(C(C)(C)C)cc4c(-c4ccc5cc(C(C)(C)C)ccc5c4)c4ccc(C(C)(C)C)cc34)ccc2c1. The molecule has 0 N–H and O–H groups in total. The van der Waals surface area contributed by atoms with Crippen molar-refractivity contribution < 1.29 is 0 Å². The molecular weight excluding hydrogens is 601 g/mol. The third kappa shape index (κ3) is 6.12. The van der Waals surface area contributed by atoms with E-state index in [4.69, 9.17) is 0 Å². The summed E-state index contributed by atoms with van der Waals surface area (Å²) in [6.07, 6.45) is 0. The standard InChI is InChI=1S/C50H54/c1-47(2,3)37-19-17-31-25-35(15-13-33(31)27-37)45-41-23-21-40(50(10,11)12)30-44(41)46(42-24-22-39(29-43(42)45)49(7,8)9)36-16-14-34-28-38(48(4,5)6)20-18-32(34)26-36/h13-30H,1-12H3. The quantitative estimate of drug-likeness (QED) is 0.163. The lowest BCUT2D eigenvalue weighted by atomic mass is 9.79. The van der Waals surface area contributed by atoms with E-state index < -0.39 is 0 Å². The molecule has 0 aliphatic rings. The zero-order chi connectivity index (χ0) is 36.0. The van der Waals surface area contributed by atoms with Crippen LogP contribution in [0.5, 0.6) is 0 Å². The Bertz CT molecular complexity index is 2270. The van der Waals surface area contributed by atoms with Crippen LogP contribution in [0.2, 0.25) is 0 Å². The van der Waals surface area contributed by atoms with E-state index in [1.807, 2.05) is 0 Å². The van der Waals surface area contributed by atoms with Gasteiger partial charge in [0.25, 0.3) is 0 Å². The molecule has 0 spiro atoms. The van der Waals surface area contributed by atoms with Crippen LogP contribution in [-0.2, 0) is 21.7 Å². The van der Waals surface area contributed by atoms with Crippen LogP contribution in [-0.4, -0.2) is 0 Å². The molecule has 0 saturated carbocycles. The van der Waals surface area contributed by atoms with Crippen molar-refractivity contribution >= 4 is 43.1 Å². The second-order valence-electron chi connectivity index (χ2n) is 18.8. The number of hydrogen-bond acceptors (Lipinski definition) is 0. The van der Waals surface area contributed by atoms with Gasteiger partial charge in [-0.25, -0.2) is 0 Å². The van der Waals surface area contributed by atoms with Crippen molar-refractivity contribution in [2.75, 3.05) is 0 Å². The van der Waals surface area contributed by atoms with Gasteiger partial charge in [-0.05, 0) is 134 Å². The fourth-order valence-corrected chi connectivity index (χ4v) is 7.52. The van der Waals surface area contributed by atoms with Crippen molar-refractivity contribution in [3.8, 4) is 22.3 Å². The van der Waals surface area contributed by atoms with Gasteiger partial charge in [0.1, 0.15) is 0 Å². The van der Waals surface area contributed by atoms with Gasteiger partial charge in [-0.2, -0.15) is 0 Å². The first kappa shape index (κ1) is 34.0. The van der Waals surface area contributed by atoms with Crippen LogP contribution in [0.15, 0.2) is 109 Å². The van der Waals surface area contributed by atoms with E-state index in [0.717, 1.165) is 0 Å². The molecule has 0 aliphatic heterocycles.